The Morgan fingerprint density at radius 3 is 1.93 bits per heavy atom. The zero-order valence-corrected chi connectivity index (χ0v) is 9.37. The molecule has 0 heterocycles. The average Bonchev–Trinajstić information content (AvgIpc) is 1.81. The predicted molar refractivity (Wildman–Crippen MR) is 56.5 cm³/mol. The Kier molecular flexibility index (Phi) is 7.31. The third-order valence-corrected chi connectivity index (χ3v) is 1.96. The Morgan fingerprint density at radius 2 is 1.71 bits per heavy atom. The van der Waals surface area contributed by atoms with Crippen LogP contribution >= 0.6 is 0 Å². The Labute approximate surface area is 85.2 Å². The molecule has 2 unspecified atom stereocenters. The summed E-state index contributed by atoms with van der Waals surface area (Å²) in [4.78, 5) is 10.8. The number of rotatable bonds is 4. The first kappa shape index (κ1) is 15.6. The highest BCUT2D eigenvalue weighted by Gasteiger charge is 2.18. The van der Waals surface area contributed by atoms with Crippen molar-refractivity contribution in [2.45, 2.75) is 40.2 Å². The van der Waals surface area contributed by atoms with Gasteiger partial charge in [-0.25, -0.2) is 4.79 Å². The molecule has 0 aromatic rings. The van der Waals surface area contributed by atoms with E-state index in [1.54, 1.807) is 20.8 Å². The molecule has 4 heteroatoms. The summed E-state index contributed by atoms with van der Waals surface area (Å²) in [5.41, 5.74) is 1.22. The molecule has 14 heavy (non-hydrogen) atoms. The van der Waals surface area contributed by atoms with E-state index in [-0.39, 0.29) is 12.1 Å². The molecule has 0 radical (unpaired) electrons. The van der Waals surface area contributed by atoms with Gasteiger partial charge in [0.25, 0.3) is 0 Å². The molecule has 84 valence electrons. The summed E-state index contributed by atoms with van der Waals surface area (Å²) < 4.78 is 0. The third kappa shape index (κ3) is 4.99. The molecule has 0 aliphatic carbocycles. The van der Waals surface area contributed by atoms with Gasteiger partial charge in [0.1, 0.15) is 0 Å². The number of aliphatic hydroxyl groups excluding tert-OH is 1. The van der Waals surface area contributed by atoms with Crippen molar-refractivity contribution in [3.8, 4) is 0 Å². The Morgan fingerprint density at radius 1 is 1.29 bits per heavy atom. The second kappa shape index (κ2) is 6.56. The molecule has 0 fully saturated rings. The van der Waals surface area contributed by atoms with Gasteiger partial charge in [-0.05, 0) is 33.1 Å². The summed E-state index contributed by atoms with van der Waals surface area (Å²) in [6, 6.07) is 0. The summed E-state index contributed by atoms with van der Waals surface area (Å²) in [5.74, 6) is -0.976. The van der Waals surface area contributed by atoms with Gasteiger partial charge in [0.2, 0.25) is 0 Å². The van der Waals surface area contributed by atoms with Gasteiger partial charge in [-0.2, -0.15) is 0 Å². The lowest BCUT2D eigenvalue weighted by Gasteiger charge is -2.15. The van der Waals surface area contributed by atoms with Gasteiger partial charge in [-0.1, -0.05) is 12.5 Å². The van der Waals surface area contributed by atoms with Crippen molar-refractivity contribution in [2.75, 3.05) is 0 Å². The molecule has 2 atom stereocenters. The summed E-state index contributed by atoms with van der Waals surface area (Å²) in [6.45, 7) is 7.05. The van der Waals surface area contributed by atoms with E-state index in [9.17, 15) is 4.79 Å². The van der Waals surface area contributed by atoms with E-state index in [4.69, 9.17) is 10.2 Å². The quantitative estimate of drug-likeness (QED) is 0.609. The van der Waals surface area contributed by atoms with E-state index in [0.29, 0.717) is 12.0 Å². The molecule has 4 nitrogen and oxygen atoms in total. The fourth-order valence-electron chi connectivity index (χ4n) is 1.55. The molecule has 0 aromatic heterocycles. The minimum absolute atomic E-state index is 0. The summed E-state index contributed by atoms with van der Waals surface area (Å²) in [7, 11) is 0. The highest BCUT2D eigenvalue weighted by molar-refractivity contribution is 5.87. The lowest BCUT2D eigenvalue weighted by molar-refractivity contribution is -0.133. The summed E-state index contributed by atoms with van der Waals surface area (Å²) in [6.07, 6.45) is 0.0380. The topological polar surface area (TPSA) is 92.5 Å². The number of carbonyl (C=O) groups is 1. The zero-order chi connectivity index (χ0) is 10.6. The molecule has 0 aliphatic heterocycles. The first-order valence-corrected chi connectivity index (χ1v) is 4.45. The molecular weight excluding hydrogens is 182 g/mol. The van der Waals surface area contributed by atoms with Gasteiger partial charge in [0.15, 0.2) is 0 Å². The van der Waals surface area contributed by atoms with Crippen LogP contribution in [0.3, 0.4) is 0 Å². The molecule has 0 aromatic carbocycles. The molecule has 0 rings (SSSR count). The van der Waals surface area contributed by atoms with Crippen LogP contribution in [0.25, 0.3) is 0 Å². The second-order valence-electron chi connectivity index (χ2n) is 3.70. The van der Waals surface area contributed by atoms with Crippen molar-refractivity contribution in [3.05, 3.63) is 11.1 Å². The monoisotopic (exact) mass is 203 g/mol. The fourth-order valence-corrected chi connectivity index (χ4v) is 1.55. The molecule has 5 N–H and O–H groups in total. The molecule has 0 bridgehead atoms. The Hall–Kier alpha value is -0.870. The van der Waals surface area contributed by atoms with Crippen LogP contribution in [-0.4, -0.2) is 22.3 Å². The van der Waals surface area contributed by atoms with Crippen LogP contribution in [0.2, 0.25) is 0 Å². The normalized spacial score (nSPS) is 13.8. The maximum Gasteiger partial charge on any atom is 0.331 e. The van der Waals surface area contributed by atoms with Gasteiger partial charge in [-0.3, -0.25) is 0 Å². The molecule has 0 aliphatic rings. The third-order valence-electron chi connectivity index (χ3n) is 1.96. The minimum atomic E-state index is -0.881. The van der Waals surface area contributed by atoms with Gasteiger partial charge < -0.3 is 16.4 Å². The van der Waals surface area contributed by atoms with E-state index in [2.05, 4.69) is 0 Å². The van der Waals surface area contributed by atoms with E-state index in [0.717, 1.165) is 5.57 Å². The lowest BCUT2D eigenvalue weighted by atomic mass is 9.92. The maximum atomic E-state index is 10.8. The molecule has 0 spiro atoms. The second-order valence-corrected chi connectivity index (χ2v) is 3.70. The van der Waals surface area contributed by atoms with Crippen LogP contribution in [-0.2, 0) is 4.79 Å². The van der Waals surface area contributed by atoms with Crippen molar-refractivity contribution in [3.63, 3.8) is 0 Å². The van der Waals surface area contributed by atoms with Crippen LogP contribution < -0.4 is 6.15 Å². The number of carboxylic acids is 1. The number of hydrogen-bond donors (Lipinski definition) is 3. The summed E-state index contributed by atoms with van der Waals surface area (Å²) >= 11 is 0. The minimum Gasteiger partial charge on any atom is -0.478 e. The highest BCUT2D eigenvalue weighted by atomic mass is 16.4. The van der Waals surface area contributed by atoms with Crippen molar-refractivity contribution < 1.29 is 15.0 Å². The number of hydrogen-bond acceptors (Lipinski definition) is 3. The zero-order valence-electron chi connectivity index (χ0n) is 9.37. The first-order chi connectivity index (χ1) is 5.86. The molecule has 0 saturated heterocycles. The highest BCUT2D eigenvalue weighted by Crippen LogP contribution is 2.20. The lowest BCUT2D eigenvalue weighted by Crippen LogP contribution is -2.16. The van der Waals surface area contributed by atoms with Gasteiger partial charge >= 0.3 is 5.97 Å². The Balaban J connectivity index is 0. The van der Waals surface area contributed by atoms with Gasteiger partial charge in [0.05, 0.1) is 6.10 Å². The van der Waals surface area contributed by atoms with E-state index < -0.39 is 12.1 Å². The molecule has 0 amide bonds. The standard InChI is InChI=1S/C10H18O3.H3N/c1-6(2)9(10(12)13)7(3)5-8(4)11;/h7-8,11H,5H2,1-4H3,(H,12,13);1H3. The average molecular weight is 203 g/mol. The SMILES string of the molecule is CC(C)=C(C(=O)O)C(C)CC(C)O.N. The van der Waals surface area contributed by atoms with Crippen molar-refractivity contribution in [2.24, 2.45) is 5.92 Å². The summed E-state index contributed by atoms with van der Waals surface area (Å²) in [5, 5.41) is 18.0. The Bertz CT molecular complexity index is 217. The largest absolute Gasteiger partial charge is 0.478 e. The fraction of sp³-hybridized carbons (Fsp3) is 0.700. The number of aliphatic hydroxyl groups is 1. The van der Waals surface area contributed by atoms with Crippen molar-refractivity contribution >= 4 is 5.97 Å². The van der Waals surface area contributed by atoms with Crippen LogP contribution in [0, 0.1) is 5.92 Å². The predicted octanol–water partition coefficient (Wildman–Crippen LogP) is 1.98. The smallest absolute Gasteiger partial charge is 0.331 e. The van der Waals surface area contributed by atoms with Crippen LogP contribution in [0.1, 0.15) is 34.1 Å². The van der Waals surface area contributed by atoms with E-state index in [1.165, 1.54) is 0 Å². The van der Waals surface area contributed by atoms with Gasteiger partial charge in [0, 0.05) is 5.57 Å². The van der Waals surface area contributed by atoms with Gasteiger partial charge in [-0.15, -0.1) is 0 Å². The number of carboxylic acid groups (broad SMARTS) is 1. The molecular formula is C10H21NO3. The van der Waals surface area contributed by atoms with Crippen LogP contribution in [0.15, 0.2) is 11.1 Å². The molecule has 0 saturated carbocycles. The van der Waals surface area contributed by atoms with E-state index in [1.807, 2.05) is 6.92 Å². The van der Waals surface area contributed by atoms with Crippen molar-refractivity contribution in [1.82, 2.24) is 6.15 Å². The maximum absolute atomic E-state index is 10.8. The number of aliphatic carboxylic acids is 1. The van der Waals surface area contributed by atoms with Crippen LogP contribution in [0.4, 0.5) is 0 Å². The van der Waals surface area contributed by atoms with Crippen LogP contribution in [0.5, 0.6) is 0 Å². The first-order valence-electron chi connectivity index (χ1n) is 4.45. The van der Waals surface area contributed by atoms with Crippen molar-refractivity contribution in [1.29, 1.82) is 0 Å². The van der Waals surface area contributed by atoms with E-state index >= 15 is 0 Å². The number of allylic oxidation sites excluding steroid dienone is 1.